The molecule has 5 nitrogen and oxygen atoms in total. The molecule has 0 unspecified atom stereocenters. The minimum atomic E-state index is -4.34. The number of alkyl halides is 3. The number of rotatable bonds is 4. The molecule has 0 fully saturated rings. The molecule has 12 heteroatoms. The average Bonchev–Trinajstić information content (AvgIpc) is 3.42. The summed E-state index contributed by atoms with van der Waals surface area (Å²) in [5, 5.41) is 10.4. The van der Waals surface area contributed by atoms with Gasteiger partial charge in [-0.3, -0.25) is 9.56 Å². The molecule has 0 radical (unpaired) electrons. The number of aromatic nitrogens is 3. The molecule has 0 atom stereocenters. The topological polar surface area (TPSA) is 46.3 Å². The van der Waals surface area contributed by atoms with Gasteiger partial charge in [0.25, 0.3) is 0 Å². The molecule has 200 valence electrons. The van der Waals surface area contributed by atoms with Gasteiger partial charge in [0.2, 0.25) is 0 Å². The first-order chi connectivity index (χ1) is 18.7. The number of thiophene rings is 1. The van der Waals surface area contributed by atoms with Crippen LogP contribution >= 0.6 is 46.9 Å². The molecule has 0 saturated carbocycles. The molecule has 2 aliphatic rings. The van der Waals surface area contributed by atoms with Crippen molar-refractivity contribution in [1.82, 2.24) is 19.7 Å². The van der Waals surface area contributed by atoms with Crippen LogP contribution in [0, 0.1) is 6.92 Å². The second-order valence-electron chi connectivity index (χ2n) is 9.20. The Bertz CT molecular complexity index is 1610. The fraction of sp³-hybridized carbons (Fsp3) is 0.259. The average molecular weight is 604 g/mol. The molecule has 0 N–H and O–H groups in total. The zero-order chi connectivity index (χ0) is 27.3. The molecule has 0 amide bonds. The van der Waals surface area contributed by atoms with Gasteiger partial charge in [-0.25, -0.2) is 0 Å². The van der Waals surface area contributed by atoms with E-state index in [-0.39, 0.29) is 0 Å². The molecule has 4 aromatic rings. The van der Waals surface area contributed by atoms with Crippen LogP contribution in [0.4, 0.5) is 13.2 Å². The highest BCUT2D eigenvalue weighted by molar-refractivity contribution is 8.01. The molecule has 0 spiro atoms. The van der Waals surface area contributed by atoms with E-state index in [0.29, 0.717) is 23.9 Å². The minimum absolute atomic E-state index is 0.412. The smallest absolute Gasteiger partial charge is 0.360 e. The molecular formula is C27H21ClF3N5S3. The fourth-order valence-electron chi connectivity index (χ4n) is 4.85. The number of benzene rings is 2. The first kappa shape index (κ1) is 26.5. The van der Waals surface area contributed by atoms with E-state index in [1.54, 1.807) is 11.3 Å². The Balaban J connectivity index is 1.27. The molecule has 6 rings (SSSR count). The molecule has 0 aliphatic carbocycles. The normalized spacial score (nSPS) is 14.8. The molecule has 2 aliphatic heterocycles. The summed E-state index contributed by atoms with van der Waals surface area (Å²) in [6, 6.07) is 13.0. The first-order valence-corrected chi connectivity index (χ1v) is 14.7. The lowest BCUT2D eigenvalue weighted by atomic mass is 9.95. The van der Waals surface area contributed by atoms with Gasteiger partial charge in [-0.15, -0.1) is 33.3 Å². The summed E-state index contributed by atoms with van der Waals surface area (Å²) in [6.45, 7) is 3.76. The summed E-state index contributed by atoms with van der Waals surface area (Å²) in [5.41, 5.74) is 3.43. The van der Waals surface area contributed by atoms with Gasteiger partial charge in [0, 0.05) is 38.2 Å². The van der Waals surface area contributed by atoms with E-state index >= 15 is 0 Å². The highest BCUT2D eigenvalue weighted by Gasteiger charge is 2.33. The van der Waals surface area contributed by atoms with Crippen LogP contribution in [-0.4, -0.2) is 42.7 Å². The van der Waals surface area contributed by atoms with Crippen molar-refractivity contribution in [3.63, 3.8) is 0 Å². The lowest BCUT2D eigenvalue weighted by molar-refractivity contribution is -0.137. The number of halogens is 4. The Labute approximate surface area is 241 Å². The van der Waals surface area contributed by atoms with Crippen LogP contribution in [-0.2, 0) is 25.7 Å². The second-order valence-corrected chi connectivity index (χ2v) is 12.2. The number of hydrogen-bond acceptors (Lipinski definition) is 6. The lowest BCUT2D eigenvalue weighted by Crippen LogP contribution is -2.35. The zero-order valence-corrected chi connectivity index (χ0v) is 23.8. The zero-order valence-electron chi connectivity index (χ0n) is 20.6. The Hall–Kier alpha value is -2.73. The Kier molecular flexibility index (Phi) is 7.03. The summed E-state index contributed by atoms with van der Waals surface area (Å²) in [5.74, 6) is 2.11. The monoisotopic (exact) mass is 603 g/mol. The van der Waals surface area contributed by atoms with E-state index in [4.69, 9.17) is 28.8 Å². The van der Waals surface area contributed by atoms with Crippen LogP contribution in [0.1, 0.15) is 38.8 Å². The number of fused-ring (bicyclic) bond motifs is 5. The van der Waals surface area contributed by atoms with Gasteiger partial charge in [0.1, 0.15) is 17.4 Å². The van der Waals surface area contributed by atoms with Crippen molar-refractivity contribution in [2.75, 3.05) is 12.3 Å². The second kappa shape index (κ2) is 10.3. The third-order valence-electron chi connectivity index (χ3n) is 6.77. The first-order valence-electron chi connectivity index (χ1n) is 12.1. The van der Waals surface area contributed by atoms with Crippen molar-refractivity contribution in [1.29, 1.82) is 0 Å². The number of thiocarbonyl (C=S) groups is 1. The Morgan fingerprint density at radius 2 is 1.90 bits per heavy atom. The van der Waals surface area contributed by atoms with Crippen LogP contribution in [0.3, 0.4) is 0 Å². The van der Waals surface area contributed by atoms with E-state index < -0.39 is 11.7 Å². The Morgan fingerprint density at radius 3 is 2.64 bits per heavy atom. The highest BCUT2D eigenvalue weighted by Crippen LogP contribution is 2.41. The van der Waals surface area contributed by atoms with Crippen LogP contribution in [0.2, 0.25) is 5.02 Å². The molecule has 2 aromatic heterocycles. The van der Waals surface area contributed by atoms with Gasteiger partial charge in [0.05, 0.1) is 22.8 Å². The third-order valence-corrected chi connectivity index (χ3v) is 9.91. The van der Waals surface area contributed by atoms with Crippen molar-refractivity contribution in [2.45, 2.75) is 37.5 Å². The number of thioether (sulfide) groups is 1. The van der Waals surface area contributed by atoms with Crippen molar-refractivity contribution in [2.24, 2.45) is 4.99 Å². The highest BCUT2D eigenvalue weighted by atomic mass is 35.5. The van der Waals surface area contributed by atoms with Crippen molar-refractivity contribution in [3.8, 4) is 5.00 Å². The predicted molar refractivity (Wildman–Crippen MR) is 154 cm³/mol. The summed E-state index contributed by atoms with van der Waals surface area (Å²) in [4.78, 5) is 9.88. The van der Waals surface area contributed by atoms with Crippen LogP contribution in [0.25, 0.3) is 5.00 Å². The number of aliphatic imine (C=N–C) groups is 1. The molecule has 2 aromatic carbocycles. The van der Waals surface area contributed by atoms with Gasteiger partial charge in [-0.2, -0.15) is 13.2 Å². The van der Waals surface area contributed by atoms with Crippen molar-refractivity contribution >= 4 is 57.6 Å². The fourth-order valence-corrected chi connectivity index (χ4v) is 7.65. The summed E-state index contributed by atoms with van der Waals surface area (Å²) >= 11 is 15.5. The lowest BCUT2D eigenvalue weighted by Gasteiger charge is -2.29. The number of aryl methyl sites for hydroxylation is 1. The summed E-state index contributed by atoms with van der Waals surface area (Å²) in [6.07, 6.45) is -3.56. The largest absolute Gasteiger partial charge is 0.416 e. The van der Waals surface area contributed by atoms with E-state index in [1.165, 1.54) is 34.3 Å². The Morgan fingerprint density at radius 1 is 1.13 bits per heavy atom. The standard InChI is InChI=1S/C27H21ClF3N5S3/c1-15-33-34-22-12-32-25(18-4-2-3-5-20(18)28)24-19-10-11-35(13-21(19)39-26(24)36(15)22)23(37)14-38-17-8-6-16(7-9-17)27(29,30)31/h2-9H,10-14H2,1H3. The summed E-state index contributed by atoms with van der Waals surface area (Å²) < 4.78 is 40.7. The van der Waals surface area contributed by atoms with Crippen LogP contribution in [0.5, 0.6) is 0 Å². The van der Waals surface area contributed by atoms with E-state index in [1.807, 2.05) is 31.2 Å². The van der Waals surface area contributed by atoms with Gasteiger partial charge in [-0.05, 0) is 49.2 Å². The molecule has 4 heterocycles. The predicted octanol–water partition coefficient (Wildman–Crippen LogP) is 7.14. The minimum Gasteiger partial charge on any atom is -0.360 e. The summed E-state index contributed by atoms with van der Waals surface area (Å²) in [7, 11) is 0. The van der Waals surface area contributed by atoms with Gasteiger partial charge >= 0.3 is 6.18 Å². The van der Waals surface area contributed by atoms with Gasteiger partial charge in [0.15, 0.2) is 5.82 Å². The maximum atomic E-state index is 12.9. The maximum Gasteiger partial charge on any atom is 0.416 e. The van der Waals surface area contributed by atoms with E-state index in [0.717, 1.165) is 68.5 Å². The maximum absolute atomic E-state index is 12.9. The molecule has 39 heavy (non-hydrogen) atoms. The molecule has 0 bridgehead atoms. The molecule has 0 saturated heterocycles. The third kappa shape index (κ3) is 5.01. The van der Waals surface area contributed by atoms with Gasteiger partial charge in [-0.1, -0.05) is 42.0 Å². The van der Waals surface area contributed by atoms with E-state index in [9.17, 15) is 13.2 Å². The van der Waals surface area contributed by atoms with Crippen molar-refractivity contribution < 1.29 is 13.2 Å². The number of hydrogen-bond donors (Lipinski definition) is 0. The van der Waals surface area contributed by atoms with Gasteiger partial charge < -0.3 is 4.90 Å². The van der Waals surface area contributed by atoms with Crippen LogP contribution in [0.15, 0.2) is 58.4 Å². The SMILES string of the molecule is Cc1nnc2n1-c1sc3c(c1C(c1ccccc1Cl)=NC2)CCN(C(=S)CSc1ccc(C(F)(F)F)cc1)C3. The van der Waals surface area contributed by atoms with E-state index in [2.05, 4.69) is 19.7 Å². The number of nitrogens with zero attached hydrogens (tertiary/aromatic N) is 5. The molecular weight excluding hydrogens is 583 g/mol. The quantitative estimate of drug-likeness (QED) is 0.183. The van der Waals surface area contributed by atoms with Crippen molar-refractivity contribution in [3.05, 3.63) is 92.3 Å². The van der Waals surface area contributed by atoms with Crippen LogP contribution < -0.4 is 0 Å².